The van der Waals surface area contributed by atoms with E-state index in [2.05, 4.69) is 5.32 Å². The van der Waals surface area contributed by atoms with Crippen LogP contribution in [0.1, 0.15) is 22.8 Å². The number of halogens is 4. The number of ether oxygens (including phenoxy) is 2. The van der Waals surface area contributed by atoms with E-state index in [9.17, 15) is 0 Å². The van der Waals surface area contributed by atoms with Gasteiger partial charge < -0.3 is 9.47 Å². The molecule has 0 unspecified atom stereocenters. The zero-order valence-corrected chi connectivity index (χ0v) is 17.3. The normalized spacial score (nSPS) is 28.6. The SMILES string of the molecule is Clc1ccc(C2OCC3(CO2)CS[C@@H](c2ccc(Cl)c(Cl)c2)N3)cc1Cl. The molecule has 0 saturated carbocycles. The fourth-order valence-corrected chi connectivity index (χ4v) is 5.06. The minimum atomic E-state index is -0.439. The smallest absolute Gasteiger partial charge is 0.184 e. The molecule has 2 aliphatic rings. The van der Waals surface area contributed by atoms with Crippen LogP contribution < -0.4 is 5.32 Å². The molecule has 2 heterocycles. The van der Waals surface area contributed by atoms with Gasteiger partial charge in [0, 0.05) is 11.3 Å². The van der Waals surface area contributed by atoms with Crippen LogP contribution in [-0.4, -0.2) is 24.5 Å². The van der Waals surface area contributed by atoms with E-state index in [0.717, 1.165) is 16.9 Å². The largest absolute Gasteiger partial charge is 0.346 e. The summed E-state index contributed by atoms with van der Waals surface area (Å²) in [6.45, 7) is 1.09. The molecular weight excluding hydrogens is 436 g/mol. The Hall–Kier alpha value is -0.170. The summed E-state index contributed by atoms with van der Waals surface area (Å²) in [5, 5.41) is 5.87. The first kappa shape index (κ1) is 19.2. The van der Waals surface area contributed by atoms with E-state index in [1.165, 1.54) is 0 Å². The number of thioether (sulfide) groups is 1. The molecule has 1 N–H and O–H groups in total. The van der Waals surface area contributed by atoms with Gasteiger partial charge in [0.15, 0.2) is 6.29 Å². The van der Waals surface area contributed by atoms with Crippen LogP contribution in [0.2, 0.25) is 20.1 Å². The van der Waals surface area contributed by atoms with Crippen LogP contribution in [0.4, 0.5) is 0 Å². The Morgan fingerprint density at radius 2 is 1.42 bits per heavy atom. The molecule has 2 saturated heterocycles. The van der Waals surface area contributed by atoms with Gasteiger partial charge in [-0.25, -0.2) is 0 Å². The Morgan fingerprint density at radius 3 is 2.04 bits per heavy atom. The highest BCUT2D eigenvalue weighted by Crippen LogP contribution is 2.42. The van der Waals surface area contributed by atoms with Crippen molar-refractivity contribution in [1.82, 2.24) is 5.32 Å². The maximum Gasteiger partial charge on any atom is 0.184 e. The second-order valence-electron chi connectivity index (χ2n) is 6.42. The van der Waals surface area contributed by atoms with Gasteiger partial charge in [0.25, 0.3) is 0 Å². The highest BCUT2D eigenvalue weighted by molar-refractivity contribution is 7.99. The Labute approximate surface area is 176 Å². The molecule has 4 rings (SSSR count). The summed E-state index contributed by atoms with van der Waals surface area (Å²) in [4.78, 5) is 0. The van der Waals surface area contributed by atoms with Crippen molar-refractivity contribution in [3.63, 3.8) is 0 Å². The lowest BCUT2D eigenvalue weighted by Gasteiger charge is -2.37. The number of rotatable bonds is 2. The van der Waals surface area contributed by atoms with Crippen LogP contribution in [0.3, 0.4) is 0 Å². The van der Waals surface area contributed by atoms with Crippen molar-refractivity contribution < 1.29 is 9.47 Å². The molecule has 3 nitrogen and oxygen atoms in total. The summed E-state index contributed by atoms with van der Waals surface area (Å²) < 4.78 is 12.0. The number of nitrogens with one attached hydrogen (secondary N) is 1. The van der Waals surface area contributed by atoms with E-state index >= 15 is 0 Å². The van der Waals surface area contributed by atoms with Crippen molar-refractivity contribution in [1.29, 1.82) is 0 Å². The summed E-state index contributed by atoms with van der Waals surface area (Å²) in [5.41, 5.74) is 1.72. The van der Waals surface area contributed by atoms with Gasteiger partial charge in [-0.15, -0.1) is 11.8 Å². The topological polar surface area (TPSA) is 30.5 Å². The third-order valence-corrected chi connectivity index (χ3v) is 7.37. The van der Waals surface area contributed by atoms with E-state index in [1.54, 1.807) is 23.9 Å². The predicted molar refractivity (Wildman–Crippen MR) is 109 cm³/mol. The number of hydrogen-bond acceptors (Lipinski definition) is 4. The van der Waals surface area contributed by atoms with E-state index in [1.807, 2.05) is 24.3 Å². The predicted octanol–water partition coefficient (Wildman–Crippen LogP) is 6.12. The lowest BCUT2D eigenvalue weighted by Crippen LogP contribution is -2.54. The molecule has 0 radical (unpaired) electrons. The quantitative estimate of drug-likeness (QED) is 0.596. The maximum atomic E-state index is 6.14. The highest BCUT2D eigenvalue weighted by Gasteiger charge is 2.44. The standard InChI is InChI=1S/C18H15Cl4NO2S/c19-12-3-1-10(5-14(12)21)16-23-18(9-26-16)7-24-17(25-8-18)11-2-4-13(20)15(22)6-11/h1-6,16-17,23H,7-9H2/t16-,17?,18?/m0/s1. The van der Waals surface area contributed by atoms with E-state index < -0.39 is 6.29 Å². The van der Waals surface area contributed by atoms with Gasteiger partial charge in [0.2, 0.25) is 0 Å². The van der Waals surface area contributed by atoms with Crippen molar-refractivity contribution in [2.24, 2.45) is 0 Å². The van der Waals surface area contributed by atoms with Crippen molar-refractivity contribution >= 4 is 58.2 Å². The Kier molecular flexibility index (Phi) is 5.66. The lowest BCUT2D eigenvalue weighted by molar-refractivity contribution is -0.212. The van der Waals surface area contributed by atoms with E-state index in [-0.39, 0.29) is 10.9 Å². The molecule has 0 amide bonds. The van der Waals surface area contributed by atoms with Gasteiger partial charge in [-0.1, -0.05) is 58.5 Å². The molecule has 138 valence electrons. The van der Waals surface area contributed by atoms with E-state index in [0.29, 0.717) is 33.3 Å². The number of benzene rings is 2. The van der Waals surface area contributed by atoms with Crippen LogP contribution in [-0.2, 0) is 9.47 Å². The first-order chi connectivity index (χ1) is 12.5. The van der Waals surface area contributed by atoms with Crippen molar-refractivity contribution in [2.45, 2.75) is 17.2 Å². The second-order valence-corrected chi connectivity index (χ2v) is 9.14. The first-order valence-corrected chi connectivity index (χ1v) is 10.5. The molecule has 0 aliphatic carbocycles. The van der Waals surface area contributed by atoms with Crippen molar-refractivity contribution in [3.8, 4) is 0 Å². The van der Waals surface area contributed by atoms with Gasteiger partial charge in [-0.2, -0.15) is 0 Å². The minimum absolute atomic E-state index is 0.124. The van der Waals surface area contributed by atoms with Gasteiger partial charge in [0.05, 0.1) is 44.2 Å². The summed E-state index contributed by atoms with van der Waals surface area (Å²) in [6, 6.07) is 11.1. The van der Waals surface area contributed by atoms with Crippen LogP contribution in [0.15, 0.2) is 36.4 Å². The summed E-state index contributed by atoms with van der Waals surface area (Å²) in [5.74, 6) is 0.881. The summed E-state index contributed by atoms with van der Waals surface area (Å²) >= 11 is 26.0. The maximum absolute atomic E-state index is 6.14. The van der Waals surface area contributed by atoms with Crippen molar-refractivity contribution in [2.75, 3.05) is 19.0 Å². The van der Waals surface area contributed by atoms with E-state index in [4.69, 9.17) is 55.9 Å². The van der Waals surface area contributed by atoms with Crippen LogP contribution in [0.25, 0.3) is 0 Å². The zero-order chi connectivity index (χ0) is 18.3. The van der Waals surface area contributed by atoms with Crippen LogP contribution in [0.5, 0.6) is 0 Å². The lowest BCUT2D eigenvalue weighted by atomic mass is 10.0. The fraction of sp³-hybridized carbons (Fsp3) is 0.333. The minimum Gasteiger partial charge on any atom is -0.346 e. The zero-order valence-electron chi connectivity index (χ0n) is 13.5. The molecule has 0 aromatic heterocycles. The Bertz CT molecular complexity index is 827. The number of hydrogen-bond donors (Lipinski definition) is 1. The first-order valence-electron chi connectivity index (χ1n) is 7.98. The molecule has 1 atom stereocenters. The monoisotopic (exact) mass is 449 g/mol. The Morgan fingerprint density at radius 1 is 0.846 bits per heavy atom. The molecule has 2 aliphatic heterocycles. The van der Waals surface area contributed by atoms with Gasteiger partial charge in [0.1, 0.15) is 0 Å². The van der Waals surface area contributed by atoms with Crippen molar-refractivity contribution in [3.05, 3.63) is 67.6 Å². The molecule has 0 bridgehead atoms. The average Bonchev–Trinajstić information content (AvgIpc) is 3.04. The molecule has 1 spiro atoms. The Balaban J connectivity index is 1.42. The average molecular weight is 451 g/mol. The third-order valence-electron chi connectivity index (χ3n) is 4.45. The molecule has 2 aromatic carbocycles. The second kappa shape index (κ2) is 7.69. The molecule has 2 aromatic rings. The van der Waals surface area contributed by atoms with Gasteiger partial charge in [-0.3, -0.25) is 5.32 Å². The summed E-state index contributed by atoms with van der Waals surface area (Å²) in [7, 11) is 0. The summed E-state index contributed by atoms with van der Waals surface area (Å²) in [6.07, 6.45) is -0.439. The fourth-order valence-electron chi connectivity index (χ4n) is 3.04. The molecule has 2 fully saturated rings. The van der Waals surface area contributed by atoms with Crippen LogP contribution >= 0.6 is 58.2 Å². The highest BCUT2D eigenvalue weighted by atomic mass is 35.5. The van der Waals surface area contributed by atoms with Gasteiger partial charge >= 0.3 is 0 Å². The van der Waals surface area contributed by atoms with Crippen LogP contribution in [0, 0.1) is 0 Å². The molecule has 8 heteroatoms. The molecular formula is C18H15Cl4NO2S. The van der Waals surface area contributed by atoms with Gasteiger partial charge in [-0.05, 0) is 29.8 Å². The molecule has 26 heavy (non-hydrogen) atoms. The third kappa shape index (κ3) is 3.85.